The Morgan fingerprint density at radius 2 is 0.724 bits per heavy atom. The first kappa shape index (κ1) is 35.2. The van der Waals surface area contributed by atoms with Crippen molar-refractivity contribution in [2.24, 2.45) is 0 Å². The summed E-state index contributed by atoms with van der Waals surface area (Å²) in [5, 5.41) is 0. The van der Waals surface area contributed by atoms with Crippen molar-refractivity contribution in [1.82, 2.24) is 0 Å². The van der Waals surface area contributed by atoms with Gasteiger partial charge in [-0.15, -0.1) is 0 Å². The highest BCUT2D eigenvalue weighted by atomic mass is 15.1. The average molecular weight is 742 g/mol. The number of nitrogens with zero attached hydrogens (tertiary/aromatic N) is 1. The zero-order chi connectivity index (χ0) is 39.1. The lowest BCUT2D eigenvalue weighted by atomic mass is 9.82. The predicted octanol–water partition coefficient (Wildman–Crippen LogP) is 15.8. The summed E-state index contributed by atoms with van der Waals surface area (Å²) in [5.41, 5.74) is 20.6. The van der Waals surface area contributed by atoms with Crippen molar-refractivity contribution in [1.29, 1.82) is 0 Å². The van der Waals surface area contributed by atoms with Crippen LogP contribution in [0.2, 0.25) is 0 Å². The highest BCUT2D eigenvalue weighted by Crippen LogP contribution is 2.52. The lowest BCUT2D eigenvalue weighted by molar-refractivity contribution is 0.660. The van der Waals surface area contributed by atoms with Crippen molar-refractivity contribution in [3.63, 3.8) is 0 Å². The molecule has 0 bridgehead atoms. The molecule has 0 fully saturated rings. The summed E-state index contributed by atoms with van der Waals surface area (Å²) in [5.74, 6) is 0. The largest absolute Gasteiger partial charge is 0.310 e. The van der Waals surface area contributed by atoms with E-state index < -0.39 is 0 Å². The first-order chi connectivity index (χ1) is 28.5. The molecule has 0 saturated carbocycles. The minimum absolute atomic E-state index is 0.0833. The van der Waals surface area contributed by atoms with Crippen LogP contribution >= 0.6 is 0 Å². The zero-order valence-electron chi connectivity index (χ0n) is 32.8. The molecule has 0 N–H and O–H groups in total. The summed E-state index contributed by atoms with van der Waals surface area (Å²) in [6.45, 7) is 4.70. The number of fused-ring (bicyclic) bond motifs is 3. The summed E-state index contributed by atoms with van der Waals surface area (Å²) < 4.78 is 0. The van der Waals surface area contributed by atoms with Crippen molar-refractivity contribution in [2.45, 2.75) is 19.3 Å². The van der Waals surface area contributed by atoms with E-state index in [1.165, 1.54) is 77.9 Å². The van der Waals surface area contributed by atoms with Crippen molar-refractivity contribution in [2.75, 3.05) is 4.90 Å². The van der Waals surface area contributed by atoms with E-state index in [1.54, 1.807) is 0 Å². The number of hydrogen-bond acceptors (Lipinski definition) is 1. The van der Waals surface area contributed by atoms with Gasteiger partial charge in [-0.25, -0.2) is 0 Å². The molecule has 9 aromatic carbocycles. The summed E-state index contributed by atoms with van der Waals surface area (Å²) in [4.78, 5) is 2.47. The Labute approximate surface area is 342 Å². The Kier molecular flexibility index (Phi) is 8.92. The molecule has 0 radical (unpaired) electrons. The van der Waals surface area contributed by atoms with E-state index in [9.17, 15) is 0 Å². The molecule has 0 amide bonds. The first-order valence-electron chi connectivity index (χ1n) is 20.2. The standard InChI is InChI=1S/C57H43N/c1-57(2)53-27-15-14-24-50(53)52-39-47(37-38-54(52)57)58(46-35-33-43(34-36-46)42-31-29-41(30-32-42)40-17-6-3-7-18-40)55-28-16-26-49(45-21-10-5-11-22-45)56(55)51-25-13-12-23-48(51)44-19-8-4-9-20-44/h3-39H,1-2H3. The van der Waals surface area contributed by atoms with E-state index in [0.29, 0.717) is 0 Å². The maximum Gasteiger partial charge on any atom is 0.0546 e. The van der Waals surface area contributed by atoms with E-state index in [2.05, 4.69) is 243 Å². The first-order valence-corrected chi connectivity index (χ1v) is 20.2. The predicted molar refractivity (Wildman–Crippen MR) is 246 cm³/mol. The summed E-state index contributed by atoms with van der Waals surface area (Å²) in [7, 11) is 0. The third kappa shape index (κ3) is 6.22. The van der Waals surface area contributed by atoms with Crippen LogP contribution < -0.4 is 4.90 Å². The Morgan fingerprint density at radius 3 is 1.34 bits per heavy atom. The van der Waals surface area contributed by atoms with Gasteiger partial charge in [0.15, 0.2) is 0 Å². The monoisotopic (exact) mass is 741 g/mol. The van der Waals surface area contributed by atoms with E-state index in [-0.39, 0.29) is 5.41 Å². The molecule has 0 aromatic heterocycles. The number of hydrogen-bond donors (Lipinski definition) is 0. The molecule has 1 nitrogen and oxygen atoms in total. The van der Waals surface area contributed by atoms with Gasteiger partial charge in [0.2, 0.25) is 0 Å². The molecule has 276 valence electrons. The average Bonchev–Trinajstić information content (AvgIpc) is 3.53. The van der Waals surface area contributed by atoms with Crippen LogP contribution in [0.5, 0.6) is 0 Å². The molecule has 0 atom stereocenters. The molecule has 1 heteroatoms. The lowest BCUT2D eigenvalue weighted by Crippen LogP contribution is -2.15. The normalized spacial score (nSPS) is 12.4. The van der Waals surface area contributed by atoms with Crippen LogP contribution in [0, 0.1) is 0 Å². The van der Waals surface area contributed by atoms with Crippen LogP contribution in [0.4, 0.5) is 17.1 Å². The fourth-order valence-corrected chi connectivity index (χ4v) is 9.00. The van der Waals surface area contributed by atoms with Gasteiger partial charge in [0.05, 0.1) is 5.69 Å². The van der Waals surface area contributed by atoms with Gasteiger partial charge >= 0.3 is 0 Å². The van der Waals surface area contributed by atoms with Gasteiger partial charge < -0.3 is 4.90 Å². The van der Waals surface area contributed by atoms with Gasteiger partial charge in [-0.1, -0.05) is 208 Å². The molecule has 1 aliphatic rings. The van der Waals surface area contributed by atoms with E-state index in [1.807, 2.05) is 0 Å². The molecule has 1 aliphatic carbocycles. The molecule has 9 aromatic rings. The molecule has 0 spiro atoms. The number of rotatable bonds is 8. The molecular formula is C57H43N. The van der Waals surface area contributed by atoms with Crippen LogP contribution in [0.3, 0.4) is 0 Å². The van der Waals surface area contributed by atoms with Crippen LogP contribution in [-0.4, -0.2) is 0 Å². The Morgan fingerprint density at radius 1 is 0.293 bits per heavy atom. The van der Waals surface area contributed by atoms with Gasteiger partial charge in [0.1, 0.15) is 0 Å². The van der Waals surface area contributed by atoms with Crippen LogP contribution in [0.15, 0.2) is 224 Å². The second kappa shape index (κ2) is 14.7. The maximum absolute atomic E-state index is 2.47. The second-order valence-electron chi connectivity index (χ2n) is 15.7. The zero-order valence-corrected chi connectivity index (χ0v) is 32.8. The molecule has 0 aliphatic heterocycles. The van der Waals surface area contributed by atoms with Crippen molar-refractivity contribution < 1.29 is 0 Å². The second-order valence-corrected chi connectivity index (χ2v) is 15.7. The van der Waals surface area contributed by atoms with Gasteiger partial charge in [0.25, 0.3) is 0 Å². The van der Waals surface area contributed by atoms with Crippen molar-refractivity contribution >= 4 is 17.1 Å². The molecule has 58 heavy (non-hydrogen) atoms. The van der Waals surface area contributed by atoms with Gasteiger partial charge in [-0.05, 0) is 103 Å². The lowest BCUT2D eigenvalue weighted by Gasteiger charge is -2.31. The SMILES string of the molecule is CC1(C)c2ccccc2-c2cc(N(c3ccc(-c4ccc(-c5ccccc5)cc4)cc3)c3cccc(-c4ccccc4)c3-c3ccccc3-c3ccccc3)ccc21. The highest BCUT2D eigenvalue weighted by molar-refractivity contribution is 6.01. The summed E-state index contributed by atoms with van der Waals surface area (Å²) in [6, 6.07) is 81.9. The molecule has 0 heterocycles. The smallest absolute Gasteiger partial charge is 0.0546 e. The van der Waals surface area contributed by atoms with E-state index in [4.69, 9.17) is 0 Å². The van der Waals surface area contributed by atoms with Crippen LogP contribution in [0.25, 0.3) is 66.8 Å². The third-order valence-electron chi connectivity index (χ3n) is 11.9. The van der Waals surface area contributed by atoms with Crippen molar-refractivity contribution in [3.05, 3.63) is 236 Å². The van der Waals surface area contributed by atoms with Crippen molar-refractivity contribution in [3.8, 4) is 66.8 Å². The van der Waals surface area contributed by atoms with Gasteiger partial charge in [-0.2, -0.15) is 0 Å². The fraction of sp³-hybridized carbons (Fsp3) is 0.0526. The minimum Gasteiger partial charge on any atom is -0.310 e. The van der Waals surface area contributed by atoms with Crippen LogP contribution in [-0.2, 0) is 5.41 Å². The van der Waals surface area contributed by atoms with E-state index in [0.717, 1.165) is 17.1 Å². The molecule has 0 unspecified atom stereocenters. The van der Waals surface area contributed by atoms with E-state index >= 15 is 0 Å². The Hall–Kier alpha value is -7.22. The topological polar surface area (TPSA) is 3.24 Å². The molecular weight excluding hydrogens is 699 g/mol. The minimum atomic E-state index is -0.0833. The van der Waals surface area contributed by atoms with Gasteiger partial charge in [-0.3, -0.25) is 0 Å². The fourth-order valence-electron chi connectivity index (χ4n) is 9.00. The highest BCUT2D eigenvalue weighted by Gasteiger charge is 2.36. The summed E-state index contributed by atoms with van der Waals surface area (Å²) >= 11 is 0. The molecule has 10 rings (SSSR count). The van der Waals surface area contributed by atoms with Gasteiger partial charge in [0, 0.05) is 22.4 Å². The Balaban J connectivity index is 1.18. The molecule has 0 saturated heterocycles. The quantitative estimate of drug-likeness (QED) is 0.150. The Bertz CT molecular complexity index is 2870. The van der Waals surface area contributed by atoms with Crippen LogP contribution in [0.1, 0.15) is 25.0 Å². The number of anilines is 3. The number of benzene rings is 9. The summed E-state index contributed by atoms with van der Waals surface area (Å²) in [6.07, 6.45) is 0. The third-order valence-corrected chi connectivity index (χ3v) is 11.9. The maximum atomic E-state index is 2.47.